The third-order valence-electron chi connectivity index (χ3n) is 5.80. The maximum atomic E-state index is 12.8. The second-order valence-corrected chi connectivity index (χ2v) is 8.98. The number of aliphatic hydroxyl groups excluding tert-OH is 1. The fourth-order valence-corrected chi connectivity index (χ4v) is 4.48. The normalized spacial score (nSPS) is 10.9. The van der Waals surface area contributed by atoms with Crippen LogP contribution < -0.4 is 20.9 Å². The highest BCUT2D eigenvalue weighted by Crippen LogP contribution is 2.41. The third kappa shape index (κ3) is 5.71. The van der Waals surface area contributed by atoms with Crippen LogP contribution in [0.3, 0.4) is 0 Å². The van der Waals surface area contributed by atoms with Gasteiger partial charge in [0.2, 0.25) is 5.88 Å². The molecule has 2 aromatic carbocycles. The van der Waals surface area contributed by atoms with Crippen molar-refractivity contribution in [2.75, 3.05) is 25.6 Å². The predicted molar refractivity (Wildman–Crippen MR) is 148 cm³/mol. The second-order valence-electron chi connectivity index (χ2n) is 8.23. The number of nitrogens with zero attached hydrogens (tertiary/aromatic N) is 3. The summed E-state index contributed by atoms with van der Waals surface area (Å²) in [7, 11) is 3.01. The zero-order chi connectivity index (χ0) is 27.2. The van der Waals surface area contributed by atoms with Gasteiger partial charge in [0.1, 0.15) is 5.56 Å². The molecule has 1 amide bonds. The molecule has 38 heavy (non-hydrogen) atoms. The van der Waals surface area contributed by atoms with Crippen molar-refractivity contribution < 1.29 is 14.6 Å². The van der Waals surface area contributed by atoms with E-state index >= 15 is 0 Å². The van der Waals surface area contributed by atoms with Crippen molar-refractivity contribution >= 4 is 34.8 Å². The first-order valence-corrected chi connectivity index (χ1v) is 12.4. The van der Waals surface area contributed by atoms with Crippen LogP contribution in [-0.4, -0.2) is 46.0 Å². The van der Waals surface area contributed by atoms with Crippen molar-refractivity contribution in [3.63, 3.8) is 0 Å². The number of carbonyl (C=O) groups is 1. The van der Waals surface area contributed by atoms with Crippen molar-refractivity contribution in [3.8, 4) is 28.3 Å². The van der Waals surface area contributed by atoms with Gasteiger partial charge >= 0.3 is 0 Å². The molecule has 196 valence electrons. The Hall–Kier alpha value is -3.76. The number of pyridine rings is 1. The van der Waals surface area contributed by atoms with Gasteiger partial charge in [-0.2, -0.15) is 5.10 Å². The van der Waals surface area contributed by atoms with Gasteiger partial charge in [-0.05, 0) is 18.2 Å². The van der Waals surface area contributed by atoms with Crippen molar-refractivity contribution in [1.82, 2.24) is 20.1 Å². The molecule has 0 saturated heterocycles. The van der Waals surface area contributed by atoms with Gasteiger partial charge in [0.15, 0.2) is 0 Å². The number of hydrogen-bond donors (Lipinski definition) is 3. The summed E-state index contributed by atoms with van der Waals surface area (Å²) in [5, 5.41) is 19.3. The minimum atomic E-state index is -0.600. The quantitative estimate of drug-likeness (QED) is 0.266. The summed E-state index contributed by atoms with van der Waals surface area (Å²) in [5.74, 6) is -0.156. The summed E-state index contributed by atoms with van der Waals surface area (Å²) in [6.07, 6.45) is 1.38. The molecule has 3 N–H and O–H groups in total. The van der Waals surface area contributed by atoms with Gasteiger partial charge in [0, 0.05) is 48.6 Å². The minimum absolute atomic E-state index is 0.0336. The first-order valence-electron chi connectivity index (χ1n) is 11.6. The largest absolute Gasteiger partial charge is 0.481 e. The van der Waals surface area contributed by atoms with Crippen LogP contribution in [0.5, 0.6) is 5.88 Å². The number of aliphatic hydroxyl groups is 1. The first-order chi connectivity index (χ1) is 18.3. The Kier molecular flexibility index (Phi) is 8.75. The van der Waals surface area contributed by atoms with E-state index in [4.69, 9.17) is 33.0 Å². The fourth-order valence-electron chi connectivity index (χ4n) is 3.88. The number of nitrogens with one attached hydrogen (secondary N) is 2. The van der Waals surface area contributed by atoms with Crippen LogP contribution in [0.1, 0.15) is 15.9 Å². The zero-order valence-electron chi connectivity index (χ0n) is 20.7. The van der Waals surface area contributed by atoms with E-state index in [1.54, 1.807) is 25.3 Å². The van der Waals surface area contributed by atoms with E-state index in [0.717, 1.165) is 10.2 Å². The number of aryl methyl sites for hydroxylation is 1. The highest BCUT2D eigenvalue weighted by molar-refractivity contribution is 6.39. The van der Waals surface area contributed by atoms with Crippen LogP contribution in [0, 0.1) is 0 Å². The van der Waals surface area contributed by atoms with Crippen LogP contribution >= 0.6 is 23.2 Å². The van der Waals surface area contributed by atoms with Gasteiger partial charge in [-0.15, -0.1) is 0 Å². The SMILES string of the molecule is COc1nc(-c2cccc(-c3cccc(NC(=O)c4ccnn(C)c4=O)c3Cl)c2Cl)ccc1CNCCO. The number of ether oxygens (including phenoxy) is 1. The van der Waals surface area contributed by atoms with Gasteiger partial charge < -0.3 is 20.5 Å². The maximum absolute atomic E-state index is 12.8. The molecule has 9 nitrogen and oxygen atoms in total. The number of hydrogen-bond acceptors (Lipinski definition) is 7. The third-order valence-corrected chi connectivity index (χ3v) is 6.61. The maximum Gasteiger partial charge on any atom is 0.279 e. The van der Waals surface area contributed by atoms with E-state index in [-0.39, 0.29) is 17.2 Å². The summed E-state index contributed by atoms with van der Waals surface area (Å²) in [5.41, 5.74) is 3.10. The number of methoxy groups -OCH3 is 1. The topological polar surface area (TPSA) is 118 Å². The number of anilines is 1. The van der Waals surface area contributed by atoms with E-state index in [1.807, 2.05) is 30.3 Å². The molecule has 0 aliphatic heterocycles. The first kappa shape index (κ1) is 27.3. The Labute approximate surface area is 229 Å². The molecule has 0 saturated carbocycles. The molecule has 11 heteroatoms. The van der Waals surface area contributed by atoms with Crippen molar-refractivity contribution in [3.05, 3.63) is 92.3 Å². The van der Waals surface area contributed by atoms with Crippen molar-refractivity contribution in [2.24, 2.45) is 7.05 Å². The fraction of sp³-hybridized carbons (Fsp3) is 0.185. The number of carbonyl (C=O) groups excluding carboxylic acids is 1. The van der Waals surface area contributed by atoms with E-state index in [2.05, 4.69) is 20.7 Å². The van der Waals surface area contributed by atoms with Gasteiger partial charge in [-0.1, -0.05) is 59.6 Å². The molecule has 0 radical (unpaired) electrons. The molecule has 0 unspecified atom stereocenters. The van der Waals surface area contributed by atoms with E-state index < -0.39 is 11.5 Å². The number of rotatable bonds is 9. The molecule has 0 aliphatic carbocycles. The minimum Gasteiger partial charge on any atom is -0.481 e. The molecule has 0 fully saturated rings. The molecule has 0 bridgehead atoms. The zero-order valence-corrected chi connectivity index (χ0v) is 22.2. The molecule has 0 spiro atoms. The predicted octanol–water partition coefficient (Wildman–Crippen LogP) is 4.16. The average Bonchev–Trinajstić information content (AvgIpc) is 2.92. The highest BCUT2D eigenvalue weighted by atomic mass is 35.5. The summed E-state index contributed by atoms with van der Waals surface area (Å²) >= 11 is 13.6. The lowest BCUT2D eigenvalue weighted by molar-refractivity contribution is 0.102. The molecule has 2 aromatic heterocycles. The Morgan fingerprint density at radius 1 is 1.03 bits per heavy atom. The molecule has 4 rings (SSSR count). The van der Waals surface area contributed by atoms with Gasteiger partial charge in [-0.25, -0.2) is 9.67 Å². The second kappa shape index (κ2) is 12.2. The Bertz CT molecular complexity index is 1540. The molecule has 4 aromatic rings. The van der Waals surface area contributed by atoms with Crippen LogP contribution in [0.4, 0.5) is 5.69 Å². The highest BCUT2D eigenvalue weighted by Gasteiger charge is 2.18. The van der Waals surface area contributed by atoms with Gasteiger partial charge in [-0.3, -0.25) is 9.59 Å². The Balaban J connectivity index is 1.67. The van der Waals surface area contributed by atoms with E-state index in [9.17, 15) is 9.59 Å². The van der Waals surface area contributed by atoms with E-state index in [1.165, 1.54) is 19.3 Å². The van der Waals surface area contributed by atoms with Crippen molar-refractivity contribution in [2.45, 2.75) is 6.54 Å². The summed E-state index contributed by atoms with van der Waals surface area (Å²) in [4.78, 5) is 29.7. The van der Waals surface area contributed by atoms with Crippen molar-refractivity contribution in [1.29, 1.82) is 0 Å². The molecule has 2 heterocycles. The smallest absolute Gasteiger partial charge is 0.279 e. The lowest BCUT2D eigenvalue weighted by Crippen LogP contribution is -2.28. The standard InChI is InChI=1S/C27H25Cl2N5O4/c1-34-27(37)20(11-12-31-34)25(36)32-22-8-4-6-18(24(22)29)17-5-3-7-19(23(17)28)21-10-9-16(15-30-13-14-35)26(33-21)38-2/h3-12,30,35H,13-15H2,1-2H3,(H,32,36). The summed E-state index contributed by atoms with van der Waals surface area (Å²) in [6.45, 7) is 0.981. The number of amides is 1. The van der Waals surface area contributed by atoms with Crippen LogP contribution in [0.15, 0.2) is 65.6 Å². The summed E-state index contributed by atoms with van der Waals surface area (Å²) in [6, 6.07) is 15.8. The summed E-state index contributed by atoms with van der Waals surface area (Å²) < 4.78 is 6.55. The molecular weight excluding hydrogens is 529 g/mol. The Morgan fingerprint density at radius 3 is 2.47 bits per heavy atom. The Morgan fingerprint density at radius 2 is 1.74 bits per heavy atom. The lowest BCUT2D eigenvalue weighted by atomic mass is 10.00. The number of aromatic nitrogens is 3. The number of halogens is 2. The molecular formula is C27H25Cl2N5O4. The van der Waals surface area contributed by atoms with Crippen LogP contribution in [-0.2, 0) is 13.6 Å². The molecule has 0 aliphatic rings. The van der Waals surface area contributed by atoms with Crippen LogP contribution in [0.2, 0.25) is 10.0 Å². The number of benzene rings is 2. The molecule has 0 atom stereocenters. The average molecular weight is 554 g/mol. The van der Waals surface area contributed by atoms with Gasteiger partial charge in [0.25, 0.3) is 11.5 Å². The lowest BCUT2D eigenvalue weighted by Gasteiger charge is -2.15. The van der Waals surface area contributed by atoms with Gasteiger partial charge in [0.05, 0.1) is 35.1 Å². The van der Waals surface area contributed by atoms with E-state index in [0.29, 0.717) is 52.1 Å². The monoisotopic (exact) mass is 553 g/mol. The van der Waals surface area contributed by atoms with Crippen LogP contribution in [0.25, 0.3) is 22.4 Å².